The standard InChI is InChI=1S/C19H23N5O2S/c1-3-16-18(27(25,26)15-7-5-4-6-8-15)19-20-17(9-10-24(19)21-16)23-13-11-22(2)12-14-23/h4-10H,3,11-14H2,1-2H3. The molecule has 3 aromatic rings. The van der Waals surface area contributed by atoms with Crippen LogP contribution in [-0.2, 0) is 16.3 Å². The lowest BCUT2D eigenvalue weighted by molar-refractivity contribution is 0.312. The van der Waals surface area contributed by atoms with Crippen LogP contribution in [0.5, 0.6) is 0 Å². The number of fused-ring (bicyclic) bond motifs is 1. The predicted octanol–water partition coefficient (Wildman–Crippen LogP) is 1.88. The number of sulfone groups is 1. The van der Waals surface area contributed by atoms with Crippen LogP contribution in [-0.4, -0.2) is 61.1 Å². The molecule has 2 aromatic heterocycles. The lowest BCUT2D eigenvalue weighted by atomic mass is 10.3. The maximum Gasteiger partial charge on any atom is 0.212 e. The van der Waals surface area contributed by atoms with Gasteiger partial charge in [-0.05, 0) is 31.7 Å². The minimum Gasteiger partial charge on any atom is -0.354 e. The monoisotopic (exact) mass is 385 g/mol. The van der Waals surface area contributed by atoms with Gasteiger partial charge in [0, 0.05) is 32.4 Å². The Kier molecular flexibility index (Phi) is 4.61. The number of hydrogen-bond acceptors (Lipinski definition) is 6. The van der Waals surface area contributed by atoms with Gasteiger partial charge < -0.3 is 9.80 Å². The topological polar surface area (TPSA) is 70.8 Å². The zero-order valence-corrected chi connectivity index (χ0v) is 16.4. The maximum absolute atomic E-state index is 13.3. The van der Waals surface area contributed by atoms with Crippen LogP contribution in [0.2, 0.25) is 0 Å². The van der Waals surface area contributed by atoms with Crippen molar-refractivity contribution >= 4 is 21.3 Å². The smallest absolute Gasteiger partial charge is 0.212 e. The van der Waals surface area contributed by atoms with Crippen LogP contribution in [0.4, 0.5) is 5.82 Å². The first-order valence-electron chi connectivity index (χ1n) is 9.12. The Labute approximate surface area is 159 Å². The second-order valence-electron chi connectivity index (χ2n) is 6.79. The van der Waals surface area contributed by atoms with Crippen LogP contribution >= 0.6 is 0 Å². The van der Waals surface area contributed by atoms with Gasteiger partial charge in [-0.15, -0.1) is 0 Å². The van der Waals surface area contributed by atoms with Crippen molar-refractivity contribution in [1.29, 1.82) is 0 Å². The molecule has 0 radical (unpaired) electrons. The fourth-order valence-electron chi connectivity index (χ4n) is 3.38. The van der Waals surface area contributed by atoms with Crippen molar-refractivity contribution in [3.8, 4) is 0 Å². The Morgan fingerprint density at radius 3 is 2.41 bits per heavy atom. The van der Waals surface area contributed by atoms with Crippen LogP contribution in [0.15, 0.2) is 52.4 Å². The molecule has 1 aliphatic rings. The van der Waals surface area contributed by atoms with Crippen LogP contribution < -0.4 is 4.90 Å². The third-order valence-electron chi connectivity index (χ3n) is 4.98. The molecule has 0 spiro atoms. The van der Waals surface area contributed by atoms with Crippen molar-refractivity contribution in [1.82, 2.24) is 19.5 Å². The van der Waals surface area contributed by atoms with Crippen molar-refractivity contribution in [3.05, 3.63) is 48.3 Å². The third kappa shape index (κ3) is 3.19. The second-order valence-corrected chi connectivity index (χ2v) is 8.68. The summed E-state index contributed by atoms with van der Waals surface area (Å²) in [5.74, 6) is 0.794. The van der Waals surface area contributed by atoms with Gasteiger partial charge in [-0.25, -0.2) is 17.9 Å². The molecule has 0 atom stereocenters. The van der Waals surface area contributed by atoms with Gasteiger partial charge in [-0.3, -0.25) is 0 Å². The number of likely N-dealkylation sites (N-methyl/N-ethyl adjacent to an activating group) is 1. The van der Waals surface area contributed by atoms with E-state index >= 15 is 0 Å². The van der Waals surface area contributed by atoms with Crippen molar-refractivity contribution in [3.63, 3.8) is 0 Å². The lowest BCUT2D eigenvalue weighted by Crippen LogP contribution is -2.44. The third-order valence-corrected chi connectivity index (χ3v) is 6.83. The van der Waals surface area contributed by atoms with E-state index in [2.05, 4.69) is 21.9 Å². The molecule has 142 valence electrons. The van der Waals surface area contributed by atoms with Gasteiger partial charge >= 0.3 is 0 Å². The molecule has 0 aliphatic carbocycles. The number of nitrogens with zero attached hydrogens (tertiary/aromatic N) is 5. The molecular formula is C19H23N5O2S. The summed E-state index contributed by atoms with van der Waals surface area (Å²) in [5.41, 5.74) is 0.939. The highest BCUT2D eigenvalue weighted by Gasteiger charge is 2.28. The highest BCUT2D eigenvalue weighted by atomic mass is 32.2. The maximum atomic E-state index is 13.3. The average Bonchev–Trinajstić information content (AvgIpc) is 3.08. The number of anilines is 1. The zero-order valence-electron chi connectivity index (χ0n) is 15.5. The summed E-state index contributed by atoms with van der Waals surface area (Å²) in [4.78, 5) is 9.66. The van der Waals surface area contributed by atoms with Crippen LogP contribution in [0, 0.1) is 0 Å². The number of piperazine rings is 1. The molecule has 0 bridgehead atoms. The quantitative estimate of drug-likeness (QED) is 0.683. The highest BCUT2D eigenvalue weighted by molar-refractivity contribution is 7.91. The molecule has 1 saturated heterocycles. The van der Waals surface area contributed by atoms with Gasteiger partial charge in [0.25, 0.3) is 0 Å². The predicted molar refractivity (Wildman–Crippen MR) is 104 cm³/mol. The fraction of sp³-hybridized carbons (Fsp3) is 0.368. The van der Waals surface area contributed by atoms with E-state index in [4.69, 9.17) is 4.98 Å². The summed E-state index contributed by atoms with van der Waals surface area (Å²) < 4.78 is 28.2. The zero-order chi connectivity index (χ0) is 19.0. The molecule has 0 unspecified atom stereocenters. The molecule has 7 nitrogen and oxygen atoms in total. The van der Waals surface area contributed by atoms with Crippen molar-refractivity contribution in [2.75, 3.05) is 38.1 Å². The Balaban J connectivity index is 1.85. The molecule has 3 heterocycles. The molecule has 1 fully saturated rings. The van der Waals surface area contributed by atoms with Gasteiger partial charge in [-0.2, -0.15) is 5.10 Å². The van der Waals surface area contributed by atoms with E-state index < -0.39 is 9.84 Å². The van der Waals surface area contributed by atoms with Crippen molar-refractivity contribution in [2.24, 2.45) is 0 Å². The summed E-state index contributed by atoms with van der Waals surface area (Å²) in [6.07, 6.45) is 2.33. The highest BCUT2D eigenvalue weighted by Crippen LogP contribution is 2.29. The van der Waals surface area contributed by atoms with Gasteiger partial charge in [0.1, 0.15) is 10.7 Å². The Hall–Kier alpha value is -2.45. The average molecular weight is 385 g/mol. The van der Waals surface area contributed by atoms with Gasteiger partial charge in [0.2, 0.25) is 9.84 Å². The molecule has 8 heteroatoms. The normalized spacial score (nSPS) is 16.1. The summed E-state index contributed by atoms with van der Waals surface area (Å²) in [6, 6.07) is 10.4. The fourth-order valence-corrected chi connectivity index (χ4v) is 5.01. The van der Waals surface area contributed by atoms with Crippen molar-refractivity contribution < 1.29 is 8.42 Å². The van der Waals surface area contributed by atoms with E-state index in [9.17, 15) is 8.42 Å². The van der Waals surface area contributed by atoms with E-state index in [0.29, 0.717) is 17.8 Å². The summed E-state index contributed by atoms with van der Waals surface area (Å²) in [6.45, 7) is 5.57. The van der Waals surface area contributed by atoms with Crippen molar-refractivity contribution in [2.45, 2.75) is 23.1 Å². The number of aryl methyl sites for hydroxylation is 1. The molecular weight excluding hydrogens is 362 g/mol. The van der Waals surface area contributed by atoms with Crippen LogP contribution in [0.3, 0.4) is 0 Å². The van der Waals surface area contributed by atoms with E-state index in [0.717, 1.165) is 32.0 Å². The van der Waals surface area contributed by atoms with E-state index in [1.165, 1.54) is 0 Å². The van der Waals surface area contributed by atoms with Gasteiger partial charge in [-0.1, -0.05) is 25.1 Å². The number of aromatic nitrogens is 3. The lowest BCUT2D eigenvalue weighted by Gasteiger charge is -2.33. The van der Waals surface area contributed by atoms with Gasteiger partial charge in [0.05, 0.1) is 10.6 Å². The van der Waals surface area contributed by atoms with Crippen LogP contribution in [0.1, 0.15) is 12.6 Å². The summed E-state index contributed by atoms with van der Waals surface area (Å²) in [7, 11) is -1.59. The molecule has 0 N–H and O–H groups in total. The Bertz CT molecular complexity index is 1050. The Morgan fingerprint density at radius 2 is 1.74 bits per heavy atom. The minimum absolute atomic E-state index is 0.215. The Morgan fingerprint density at radius 1 is 1.04 bits per heavy atom. The summed E-state index contributed by atoms with van der Waals surface area (Å²) >= 11 is 0. The van der Waals surface area contributed by atoms with E-state index in [1.807, 2.05) is 13.0 Å². The van der Waals surface area contributed by atoms with E-state index in [-0.39, 0.29) is 9.79 Å². The molecule has 0 saturated carbocycles. The molecule has 1 aromatic carbocycles. The summed E-state index contributed by atoms with van der Waals surface area (Å²) in [5, 5.41) is 4.47. The van der Waals surface area contributed by atoms with Crippen LogP contribution in [0.25, 0.3) is 5.65 Å². The first-order chi connectivity index (χ1) is 13.0. The molecule has 27 heavy (non-hydrogen) atoms. The minimum atomic E-state index is -3.69. The van der Waals surface area contributed by atoms with E-state index in [1.54, 1.807) is 41.0 Å². The molecule has 1 aliphatic heterocycles. The number of rotatable bonds is 4. The van der Waals surface area contributed by atoms with Gasteiger partial charge in [0.15, 0.2) is 5.65 Å². The first-order valence-corrected chi connectivity index (χ1v) is 10.6. The number of benzene rings is 1. The largest absolute Gasteiger partial charge is 0.354 e. The SMILES string of the molecule is CCc1nn2ccc(N3CCN(C)CC3)nc2c1S(=O)(=O)c1ccccc1. The molecule has 0 amide bonds. The second kappa shape index (κ2) is 6.94. The molecule has 4 rings (SSSR count). The first kappa shape index (κ1) is 17.9. The number of hydrogen-bond donors (Lipinski definition) is 0.